The molecule has 2 heterocycles. The number of piperidine rings is 1. The zero-order valence-electron chi connectivity index (χ0n) is 19.7. The standard InChI is InChI=1S/C29H29N3O3/c1-32-23-13-14-24(32)19-25(18-23)35-29(34)26(16-20-8-4-2-5-9-20)21-12-15-28(33)27(17-21)31-30-22-10-6-3-7-11-22/h2-12,15-17,23-25,33H,13-14,18-19H2,1H3/b26-16+,31-30?/t23-,24+,25?. The van der Waals surface area contributed by atoms with Gasteiger partial charge in [-0.25, -0.2) is 4.79 Å². The number of esters is 1. The molecular weight excluding hydrogens is 438 g/mol. The molecule has 3 atom stereocenters. The number of nitrogens with zero attached hydrogens (tertiary/aromatic N) is 3. The first-order valence-electron chi connectivity index (χ1n) is 12.1. The molecule has 0 radical (unpaired) electrons. The Hall–Kier alpha value is -3.77. The van der Waals surface area contributed by atoms with Crippen molar-refractivity contribution in [3.8, 4) is 5.75 Å². The van der Waals surface area contributed by atoms with Gasteiger partial charge in [-0.15, -0.1) is 5.11 Å². The van der Waals surface area contributed by atoms with E-state index in [-0.39, 0.29) is 23.5 Å². The molecule has 0 saturated carbocycles. The molecule has 0 spiro atoms. The molecule has 3 aromatic rings. The van der Waals surface area contributed by atoms with E-state index in [1.165, 1.54) is 6.07 Å². The molecule has 2 saturated heterocycles. The minimum Gasteiger partial charge on any atom is -0.506 e. The van der Waals surface area contributed by atoms with E-state index in [0.29, 0.717) is 28.9 Å². The molecular formula is C29H29N3O3. The van der Waals surface area contributed by atoms with Crippen LogP contribution in [-0.4, -0.2) is 41.2 Å². The highest BCUT2D eigenvalue weighted by molar-refractivity contribution is 6.21. The van der Waals surface area contributed by atoms with Gasteiger partial charge in [-0.1, -0.05) is 54.6 Å². The van der Waals surface area contributed by atoms with Crippen LogP contribution in [0.4, 0.5) is 11.4 Å². The van der Waals surface area contributed by atoms with E-state index in [9.17, 15) is 9.90 Å². The molecule has 6 nitrogen and oxygen atoms in total. The van der Waals surface area contributed by atoms with Crippen molar-refractivity contribution in [1.82, 2.24) is 4.90 Å². The number of rotatable bonds is 6. The van der Waals surface area contributed by atoms with E-state index in [1.807, 2.05) is 66.7 Å². The average Bonchev–Trinajstić information content (AvgIpc) is 3.08. The van der Waals surface area contributed by atoms with Crippen molar-refractivity contribution in [2.45, 2.75) is 43.9 Å². The molecule has 2 bridgehead atoms. The van der Waals surface area contributed by atoms with Gasteiger partial charge in [0.05, 0.1) is 11.3 Å². The lowest BCUT2D eigenvalue weighted by Crippen LogP contribution is -2.43. The van der Waals surface area contributed by atoms with E-state index < -0.39 is 0 Å². The van der Waals surface area contributed by atoms with Crippen molar-refractivity contribution in [3.05, 3.63) is 90.0 Å². The van der Waals surface area contributed by atoms with E-state index in [4.69, 9.17) is 4.74 Å². The van der Waals surface area contributed by atoms with Crippen molar-refractivity contribution in [2.75, 3.05) is 7.05 Å². The van der Waals surface area contributed by atoms with E-state index in [1.54, 1.807) is 12.1 Å². The Morgan fingerprint density at radius 2 is 1.60 bits per heavy atom. The van der Waals surface area contributed by atoms with Gasteiger partial charge < -0.3 is 14.7 Å². The second-order valence-corrected chi connectivity index (χ2v) is 9.26. The molecule has 0 aromatic heterocycles. The maximum Gasteiger partial charge on any atom is 0.339 e. The highest BCUT2D eigenvalue weighted by Gasteiger charge is 2.40. The third-order valence-electron chi connectivity index (χ3n) is 6.97. The minimum absolute atomic E-state index is 0.00671. The molecule has 1 N–H and O–H groups in total. The van der Waals surface area contributed by atoms with Crippen LogP contribution in [0.5, 0.6) is 5.75 Å². The highest BCUT2D eigenvalue weighted by Crippen LogP contribution is 2.37. The summed E-state index contributed by atoms with van der Waals surface area (Å²) < 4.78 is 6.06. The smallest absolute Gasteiger partial charge is 0.339 e. The lowest BCUT2D eigenvalue weighted by molar-refractivity contribution is -0.144. The summed E-state index contributed by atoms with van der Waals surface area (Å²) in [5, 5.41) is 18.8. The SMILES string of the molecule is CN1[C@@H]2CC[C@H]1CC(OC(=O)/C(=C/c1ccccc1)c1ccc(O)c(N=Nc3ccccc3)c1)C2. The molecule has 2 aliphatic rings. The van der Waals surface area contributed by atoms with Gasteiger partial charge in [0, 0.05) is 24.9 Å². The quantitative estimate of drug-likeness (QED) is 0.194. The lowest BCUT2D eigenvalue weighted by atomic mass is 9.99. The predicted octanol–water partition coefficient (Wildman–Crippen LogP) is 6.52. The number of hydrogen-bond donors (Lipinski definition) is 1. The second-order valence-electron chi connectivity index (χ2n) is 9.26. The fraction of sp³-hybridized carbons (Fsp3) is 0.276. The summed E-state index contributed by atoms with van der Waals surface area (Å²) in [5.41, 5.74) is 2.90. The summed E-state index contributed by atoms with van der Waals surface area (Å²) >= 11 is 0. The number of ether oxygens (including phenoxy) is 1. The summed E-state index contributed by atoms with van der Waals surface area (Å²) in [6.45, 7) is 0. The number of benzene rings is 3. The Balaban J connectivity index is 1.44. The van der Waals surface area contributed by atoms with Gasteiger partial charge in [0.2, 0.25) is 0 Å². The summed E-state index contributed by atoms with van der Waals surface area (Å²) in [6, 6.07) is 24.9. The van der Waals surface area contributed by atoms with Gasteiger partial charge in [0.15, 0.2) is 0 Å². The van der Waals surface area contributed by atoms with Crippen LogP contribution in [0.25, 0.3) is 11.6 Å². The largest absolute Gasteiger partial charge is 0.506 e. The Labute approximate surface area is 205 Å². The number of hydrogen-bond acceptors (Lipinski definition) is 6. The summed E-state index contributed by atoms with van der Waals surface area (Å²) in [4.78, 5) is 15.9. The van der Waals surface area contributed by atoms with Crippen LogP contribution in [-0.2, 0) is 9.53 Å². The number of carbonyl (C=O) groups is 1. The van der Waals surface area contributed by atoms with Gasteiger partial charge in [0.1, 0.15) is 17.5 Å². The summed E-state index contributed by atoms with van der Waals surface area (Å²) in [5.74, 6) is -0.368. The number of aromatic hydroxyl groups is 1. The van der Waals surface area contributed by atoms with E-state index in [0.717, 1.165) is 31.2 Å². The molecule has 35 heavy (non-hydrogen) atoms. The topological polar surface area (TPSA) is 74.5 Å². The van der Waals surface area contributed by atoms with E-state index >= 15 is 0 Å². The molecule has 5 rings (SSSR count). The number of phenolic OH excluding ortho intramolecular Hbond substituents is 1. The number of carbonyl (C=O) groups excluding carboxylic acids is 1. The number of azo groups is 1. The third-order valence-corrected chi connectivity index (χ3v) is 6.97. The van der Waals surface area contributed by atoms with Crippen molar-refractivity contribution in [2.24, 2.45) is 10.2 Å². The molecule has 3 aromatic carbocycles. The average molecular weight is 468 g/mol. The van der Waals surface area contributed by atoms with Gasteiger partial charge in [-0.3, -0.25) is 0 Å². The van der Waals surface area contributed by atoms with Crippen LogP contribution in [0.1, 0.15) is 36.8 Å². The maximum atomic E-state index is 13.5. The van der Waals surface area contributed by atoms with Crippen LogP contribution in [0.15, 0.2) is 89.1 Å². The number of phenols is 1. The highest BCUT2D eigenvalue weighted by atomic mass is 16.5. The van der Waals surface area contributed by atoms with Crippen molar-refractivity contribution >= 4 is 29.0 Å². The Morgan fingerprint density at radius 1 is 0.943 bits per heavy atom. The second kappa shape index (κ2) is 10.2. The van der Waals surface area contributed by atoms with Crippen molar-refractivity contribution in [3.63, 3.8) is 0 Å². The molecule has 2 aliphatic heterocycles. The van der Waals surface area contributed by atoms with Crippen LogP contribution in [0.2, 0.25) is 0 Å². The Bertz CT molecular complexity index is 1230. The summed E-state index contributed by atoms with van der Waals surface area (Å²) in [7, 11) is 2.17. The molecule has 0 aliphatic carbocycles. The van der Waals surface area contributed by atoms with Gasteiger partial charge in [-0.2, -0.15) is 5.11 Å². The van der Waals surface area contributed by atoms with Crippen LogP contribution in [0, 0.1) is 0 Å². The van der Waals surface area contributed by atoms with Gasteiger partial charge in [-0.05, 0) is 61.4 Å². The summed E-state index contributed by atoms with van der Waals surface area (Å²) in [6.07, 6.45) is 5.79. The Morgan fingerprint density at radius 3 is 2.29 bits per heavy atom. The zero-order valence-corrected chi connectivity index (χ0v) is 19.7. The molecule has 0 amide bonds. The third kappa shape index (κ3) is 5.33. The first kappa shape index (κ1) is 23.0. The van der Waals surface area contributed by atoms with Crippen molar-refractivity contribution < 1.29 is 14.6 Å². The van der Waals surface area contributed by atoms with Gasteiger partial charge >= 0.3 is 5.97 Å². The molecule has 2 fully saturated rings. The Kier molecular flexibility index (Phi) is 6.73. The van der Waals surface area contributed by atoms with Gasteiger partial charge in [0.25, 0.3) is 0 Å². The monoisotopic (exact) mass is 467 g/mol. The predicted molar refractivity (Wildman–Crippen MR) is 137 cm³/mol. The number of fused-ring (bicyclic) bond motifs is 2. The normalized spacial score (nSPS) is 22.4. The zero-order chi connectivity index (χ0) is 24.2. The van der Waals surface area contributed by atoms with Crippen molar-refractivity contribution in [1.29, 1.82) is 0 Å². The fourth-order valence-electron chi connectivity index (χ4n) is 5.03. The molecule has 178 valence electrons. The molecule has 6 heteroatoms. The minimum atomic E-state index is -0.362. The molecule has 1 unspecified atom stereocenters. The van der Waals surface area contributed by atoms with Crippen LogP contribution >= 0.6 is 0 Å². The first-order chi connectivity index (χ1) is 17.1. The lowest BCUT2D eigenvalue weighted by Gasteiger charge is -2.35. The van der Waals surface area contributed by atoms with E-state index in [2.05, 4.69) is 22.2 Å². The maximum absolute atomic E-state index is 13.5. The van der Waals surface area contributed by atoms with Crippen LogP contribution < -0.4 is 0 Å². The fourth-order valence-corrected chi connectivity index (χ4v) is 5.03. The van der Waals surface area contributed by atoms with Crippen LogP contribution in [0.3, 0.4) is 0 Å². The first-order valence-corrected chi connectivity index (χ1v) is 12.1.